The predicted octanol–water partition coefficient (Wildman–Crippen LogP) is 3.33. The van der Waals surface area contributed by atoms with Gasteiger partial charge in [0.15, 0.2) is 5.60 Å². The summed E-state index contributed by atoms with van der Waals surface area (Å²) in [5.41, 5.74) is 1.33. The molecule has 1 aromatic rings. The van der Waals surface area contributed by atoms with Gasteiger partial charge in [-0.15, -0.1) is 0 Å². The largest absolute Gasteiger partial charge is 0.476 e. The van der Waals surface area contributed by atoms with Crippen LogP contribution < -0.4 is 9.64 Å². The molecule has 0 fully saturated rings. The van der Waals surface area contributed by atoms with Crippen LogP contribution in [-0.4, -0.2) is 18.1 Å². The van der Waals surface area contributed by atoms with E-state index < -0.39 is 5.60 Å². The molecule has 1 amide bonds. The van der Waals surface area contributed by atoms with Gasteiger partial charge in [0.1, 0.15) is 5.75 Å². The SMILES string of the molecule is CCN1C(=O)C(C)(C)Oc2cc(C(C)C)ccc21. The first-order chi connectivity index (χ1) is 8.36. The summed E-state index contributed by atoms with van der Waals surface area (Å²) in [6, 6.07) is 6.11. The molecule has 0 bridgehead atoms. The standard InChI is InChI=1S/C15H21NO2/c1-6-16-12-8-7-11(10(2)3)9-13(12)18-15(4,5)14(16)17/h7-10H,6H2,1-5H3. The Hall–Kier alpha value is -1.51. The Balaban J connectivity index is 2.52. The summed E-state index contributed by atoms with van der Waals surface area (Å²) in [7, 11) is 0. The van der Waals surface area contributed by atoms with E-state index in [9.17, 15) is 4.79 Å². The average Bonchev–Trinajstić information content (AvgIpc) is 2.29. The van der Waals surface area contributed by atoms with Crippen LogP contribution in [-0.2, 0) is 4.79 Å². The summed E-state index contributed by atoms with van der Waals surface area (Å²) in [6.45, 7) is 10.6. The lowest BCUT2D eigenvalue weighted by molar-refractivity contribution is -0.132. The molecule has 0 N–H and O–H groups in total. The van der Waals surface area contributed by atoms with Gasteiger partial charge in [-0.2, -0.15) is 0 Å². The van der Waals surface area contributed by atoms with E-state index in [1.165, 1.54) is 5.56 Å². The Morgan fingerprint density at radius 2 is 2.00 bits per heavy atom. The number of hydrogen-bond acceptors (Lipinski definition) is 2. The lowest BCUT2D eigenvalue weighted by Crippen LogP contribution is -2.52. The molecule has 1 heterocycles. The van der Waals surface area contributed by atoms with Gasteiger partial charge in [0, 0.05) is 6.54 Å². The number of benzene rings is 1. The average molecular weight is 247 g/mol. The van der Waals surface area contributed by atoms with Crippen LogP contribution >= 0.6 is 0 Å². The van der Waals surface area contributed by atoms with Crippen molar-refractivity contribution in [3.8, 4) is 5.75 Å². The molecule has 3 nitrogen and oxygen atoms in total. The number of nitrogens with zero attached hydrogens (tertiary/aromatic N) is 1. The molecule has 0 spiro atoms. The number of anilines is 1. The van der Waals surface area contributed by atoms with Gasteiger partial charge in [-0.25, -0.2) is 0 Å². The zero-order valence-electron chi connectivity index (χ0n) is 11.8. The first kappa shape index (κ1) is 12.9. The van der Waals surface area contributed by atoms with E-state index in [4.69, 9.17) is 4.74 Å². The highest BCUT2D eigenvalue weighted by molar-refractivity contribution is 6.02. The maximum atomic E-state index is 12.3. The lowest BCUT2D eigenvalue weighted by Gasteiger charge is -2.38. The molecule has 1 aliphatic heterocycles. The number of rotatable bonds is 2. The van der Waals surface area contributed by atoms with Crippen LogP contribution in [0, 0.1) is 0 Å². The Morgan fingerprint density at radius 1 is 1.33 bits per heavy atom. The minimum Gasteiger partial charge on any atom is -0.476 e. The van der Waals surface area contributed by atoms with Gasteiger partial charge in [0.2, 0.25) is 0 Å². The first-order valence-electron chi connectivity index (χ1n) is 6.51. The summed E-state index contributed by atoms with van der Waals surface area (Å²) in [5.74, 6) is 1.29. The number of carbonyl (C=O) groups excluding carboxylic acids is 1. The Kier molecular flexibility index (Phi) is 3.09. The summed E-state index contributed by atoms with van der Waals surface area (Å²) < 4.78 is 5.86. The van der Waals surface area contributed by atoms with Crippen LogP contribution in [0.25, 0.3) is 0 Å². The second-order valence-electron chi connectivity index (χ2n) is 5.54. The van der Waals surface area contributed by atoms with Crippen LogP contribution in [0.4, 0.5) is 5.69 Å². The van der Waals surface area contributed by atoms with Crippen LogP contribution in [0.3, 0.4) is 0 Å². The molecule has 3 heteroatoms. The van der Waals surface area contributed by atoms with E-state index in [0.29, 0.717) is 12.5 Å². The Labute approximate surface area is 109 Å². The van der Waals surface area contributed by atoms with Crippen LogP contribution in [0.15, 0.2) is 18.2 Å². The Bertz CT molecular complexity index is 477. The molecule has 0 atom stereocenters. The molecule has 0 saturated heterocycles. The third kappa shape index (κ3) is 1.98. The molecule has 98 valence electrons. The van der Waals surface area contributed by atoms with Gasteiger partial charge in [-0.05, 0) is 44.4 Å². The highest BCUT2D eigenvalue weighted by atomic mass is 16.5. The lowest BCUT2D eigenvalue weighted by atomic mass is 9.99. The van der Waals surface area contributed by atoms with Gasteiger partial charge >= 0.3 is 0 Å². The van der Waals surface area contributed by atoms with Gasteiger partial charge < -0.3 is 9.64 Å². The van der Waals surface area contributed by atoms with Crippen LogP contribution in [0.2, 0.25) is 0 Å². The monoisotopic (exact) mass is 247 g/mol. The quantitative estimate of drug-likeness (QED) is 0.802. The normalized spacial score (nSPS) is 17.7. The highest BCUT2D eigenvalue weighted by Gasteiger charge is 2.40. The minimum absolute atomic E-state index is 0.0230. The van der Waals surface area contributed by atoms with E-state index in [2.05, 4.69) is 26.0 Å². The molecule has 0 unspecified atom stereocenters. The fourth-order valence-electron chi connectivity index (χ4n) is 2.26. The number of likely N-dealkylation sites (N-methyl/N-ethyl adjacent to an activating group) is 1. The van der Waals surface area contributed by atoms with Crippen molar-refractivity contribution in [2.45, 2.75) is 46.1 Å². The molecule has 0 aromatic heterocycles. The van der Waals surface area contributed by atoms with Crippen molar-refractivity contribution in [3.05, 3.63) is 23.8 Å². The van der Waals surface area contributed by atoms with E-state index >= 15 is 0 Å². The van der Waals surface area contributed by atoms with Gasteiger partial charge in [-0.1, -0.05) is 19.9 Å². The van der Waals surface area contributed by atoms with E-state index in [1.807, 2.05) is 26.8 Å². The third-order valence-corrected chi connectivity index (χ3v) is 3.38. The second-order valence-corrected chi connectivity index (χ2v) is 5.54. The minimum atomic E-state index is -0.779. The predicted molar refractivity (Wildman–Crippen MR) is 73.3 cm³/mol. The number of carbonyl (C=O) groups is 1. The summed E-state index contributed by atoms with van der Waals surface area (Å²) in [6.07, 6.45) is 0. The molecule has 18 heavy (non-hydrogen) atoms. The van der Waals surface area contributed by atoms with Crippen molar-refractivity contribution >= 4 is 11.6 Å². The van der Waals surface area contributed by atoms with Crippen molar-refractivity contribution in [1.82, 2.24) is 0 Å². The molecule has 0 aliphatic carbocycles. The molecule has 2 rings (SSSR count). The molecule has 1 aromatic carbocycles. The molecular formula is C15H21NO2. The fraction of sp³-hybridized carbons (Fsp3) is 0.533. The summed E-state index contributed by atoms with van der Waals surface area (Å²) >= 11 is 0. The van der Waals surface area contributed by atoms with Crippen molar-refractivity contribution in [3.63, 3.8) is 0 Å². The van der Waals surface area contributed by atoms with Gasteiger partial charge in [0.25, 0.3) is 5.91 Å². The zero-order valence-corrected chi connectivity index (χ0v) is 11.8. The van der Waals surface area contributed by atoms with Crippen LogP contribution in [0.1, 0.15) is 46.1 Å². The highest BCUT2D eigenvalue weighted by Crippen LogP contribution is 2.39. The third-order valence-electron chi connectivity index (χ3n) is 3.38. The molecular weight excluding hydrogens is 226 g/mol. The van der Waals surface area contributed by atoms with E-state index in [1.54, 1.807) is 4.90 Å². The van der Waals surface area contributed by atoms with E-state index in [0.717, 1.165) is 11.4 Å². The Morgan fingerprint density at radius 3 is 2.56 bits per heavy atom. The number of amides is 1. The zero-order chi connectivity index (χ0) is 13.5. The van der Waals surface area contributed by atoms with Crippen molar-refractivity contribution < 1.29 is 9.53 Å². The number of fused-ring (bicyclic) bond motifs is 1. The smallest absolute Gasteiger partial charge is 0.270 e. The fourth-order valence-corrected chi connectivity index (χ4v) is 2.26. The number of hydrogen-bond donors (Lipinski definition) is 0. The maximum absolute atomic E-state index is 12.3. The van der Waals surface area contributed by atoms with Crippen molar-refractivity contribution in [2.24, 2.45) is 0 Å². The molecule has 1 aliphatic rings. The van der Waals surface area contributed by atoms with Crippen molar-refractivity contribution in [2.75, 3.05) is 11.4 Å². The number of ether oxygens (including phenoxy) is 1. The van der Waals surface area contributed by atoms with Crippen molar-refractivity contribution in [1.29, 1.82) is 0 Å². The summed E-state index contributed by atoms with van der Waals surface area (Å²) in [5, 5.41) is 0. The van der Waals surface area contributed by atoms with Gasteiger partial charge in [0.05, 0.1) is 5.69 Å². The summed E-state index contributed by atoms with van der Waals surface area (Å²) in [4.78, 5) is 14.1. The van der Waals surface area contributed by atoms with E-state index in [-0.39, 0.29) is 5.91 Å². The first-order valence-corrected chi connectivity index (χ1v) is 6.51. The molecule has 0 saturated carbocycles. The maximum Gasteiger partial charge on any atom is 0.270 e. The molecule has 0 radical (unpaired) electrons. The van der Waals surface area contributed by atoms with Crippen LogP contribution in [0.5, 0.6) is 5.75 Å². The second kappa shape index (κ2) is 4.30. The topological polar surface area (TPSA) is 29.5 Å². The van der Waals surface area contributed by atoms with Gasteiger partial charge in [-0.3, -0.25) is 4.79 Å².